The van der Waals surface area contributed by atoms with Crippen LogP contribution in [0.5, 0.6) is 0 Å². The first-order valence-electron chi connectivity index (χ1n) is 7.04. The van der Waals surface area contributed by atoms with Gasteiger partial charge >= 0.3 is 0 Å². The number of nitrogens with one attached hydrogen (secondary N) is 1. The lowest BCUT2D eigenvalue weighted by molar-refractivity contribution is 0.102. The van der Waals surface area contributed by atoms with E-state index >= 15 is 0 Å². The molecule has 0 aliphatic heterocycles. The van der Waals surface area contributed by atoms with E-state index in [1.54, 1.807) is 25.1 Å². The van der Waals surface area contributed by atoms with Gasteiger partial charge in [-0.2, -0.15) is 0 Å². The fraction of sp³-hybridized carbons (Fsp3) is 0.267. The molecule has 0 atom stereocenters. The van der Waals surface area contributed by atoms with Gasteiger partial charge in [0, 0.05) is 40.6 Å². The Balaban J connectivity index is 2.45. The SMILES string of the molecule is CN(C)c1ccc(S(=O)(=O)N(C)C)cc1NC(=O)c1cnccn1. The van der Waals surface area contributed by atoms with Crippen LogP contribution in [0.15, 0.2) is 41.7 Å². The molecule has 1 heterocycles. The summed E-state index contributed by atoms with van der Waals surface area (Å²) in [6, 6.07) is 4.57. The maximum Gasteiger partial charge on any atom is 0.275 e. The van der Waals surface area contributed by atoms with Crippen molar-refractivity contribution < 1.29 is 13.2 Å². The second kappa shape index (κ2) is 6.93. The van der Waals surface area contributed by atoms with Gasteiger partial charge in [-0.1, -0.05) is 0 Å². The van der Waals surface area contributed by atoms with Gasteiger partial charge in [0.2, 0.25) is 10.0 Å². The van der Waals surface area contributed by atoms with Crippen LogP contribution < -0.4 is 10.2 Å². The van der Waals surface area contributed by atoms with E-state index in [2.05, 4.69) is 15.3 Å². The third kappa shape index (κ3) is 3.69. The smallest absolute Gasteiger partial charge is 0.275 e. The summed E-state index contributed by atoms with van der Waals surface area (Å²) in [5.41, 5.74) is 1.19. The molecule has 0 spiro atoms. The predicted octanol–water partition coefficient (Wildman–Crippen LogP) is 1.05. The molecule has 2 aromatic rings. The molecule has 0 saturated carbocycles. The molecule has 1 amide bonds. The molecule has 128 valence electrons. The standard InChI is InChI=1S/C15H19N5O3S/c1-19(2)14-6-5-11(24(22,23)20(3)4)9-12(14)18-15(21)13-10-16-7-8-17-13/h5-10H,1-4H3,(H,18,21). The van der Waals surface area contributed by atoms with Crippen molar-refractivity contribution in [2.45, 2.75) is 4.90 Å². The van der Waals surface area contributed by atoms with Gasteiger partial charge in [0.05, 0.1) is 22.5 Å². The van der Waals surface area contributed by atoms with E-state index in [0.717, 1.165) is 4.31 Å². The zero-order chi connectivity index (χ0) is 17.9. The number of hydrogen-bond donors (Lipinski definition) is 1. The van der Waals surface area contributed by atoms with E-state index < -0.39 is 15.9 Å². The summed E-state index contributed by atoms with van der Waals surface area (Å²) in [5, 5.41) is 2.69. The summed E-state index contributed by atoms with van der Waals surface area (Å²) in [5.74, 6) is -0.467. The molecule has 0 aliphatic carbocycles. The van der Waals surface area contributed by atoms with Crippen LogP contribution in [0.25, 0.3) is 0 Å². The van der Waals surface area contributed by atoms with Crippen molar-refractivity contribution >= 4 is 27.3 Å². The Morgan fingerprint density at radius 1 is 1.12 bits per heavy atom. The molecule has 2 rings (SSSR count). The van der Waals surface area contributed by atoms with Crippen LogP contribution in [-0.2, 0) is 10.0 Å². The first kappa shape index (κ1) is 17.8. The molecule has 0 radical (unpaired) electrons. The summed E-state index contributed by atoms with van der Waals surface area (Å²) < 4.78 is 25.7. The Labute approximate surface area is 141 Å². The number of carbonyl (C=O) groups excluding carboxylic acids is 1. The number of nitrogens with zero attached hydrogens (tertiary/aromatic N) is 4. The second-order valence-corrected chi connectivity index (χ2v) is 7.56. The average Bonchev–Trinajstić information content (AvgIpc) is 2.55. The van der Waals surface area contributed by atoms with Crippen molar-refractivity contribution in [3.8, 4) is 0 Å². The molecule has 24 heavy (non-hydrogen) atoms. The van der Waals surface area contributed by atoms with Crippen LogP contribution in [0, 0.1) is 0 Å². The maximum atomic E-state index is 12.3. The summed E-state index contributed by atoms with van der Waals surface area (Å²) in [4.78, 5) is 21.9. The number of aromatic nitrogens is 2. The average molecular weight is 349 g/mol. The van der Waals surface area contributed by atoms with E-state index in [0.29, 0.717) is 11.4 Å². The van der Waals surface area contributed by atoms with Crippen LogP contribution >= 0.6 is 0 Å². The lowest BCUT2D eigenvalue weighted by atomic mass is 10.2. The zero-order valence-corrected chi connectivity index (χ0v) is 14.7. The minimum absolute atomic E-state index is 0.0903. The first-order chi connectivity index (χ1) is 11.2. The van der Waals surface area contributed by atoms with Gasteiger partial charge in [0.15, 0.2) is 0 Å². The third-order valence-electron chi connectivity index (χ3n) is 3.27. The highest BCUT2D eigenvalue weighted by Gasteiger charge is 2.20. The molecular formula is C15H19N5O3S. The number of sulfonamides is 1. The van der Waals surface area contributed by atoms with Crippen LogP contribution in [0.3, 0.4) is 0 Å². The molecule has 1 N–H and O–H groups in total. The van der Waals surface area contributed by atoms with Crippen LogP contribution in [0.4, 0.5) is 11.4 Å². The minimum atomic E-state index is -3.61. The van der Waals surface area contributed by atoms with Crippen molar-refractivity contribution in [3.05, 3.63) is 42.5 Å². The summed E-state index contributed by atoms with van der Waals surface area (Å²) in [7, 11) is 2.89. The molecule has 1 aromatic carbocycles. The van der Waals surface area contributed by atoms with Gasteiger partial charge in [0.1, 0.15) is 5.69 Å². The number of benzene rings is 1. The minimum Gasteiger partial charge on any atom is -0.376 e. The van der Waals surface area contributed by atoms with Crippen LogP contribution in [-0.4, -0.2) is 56.8 Å². The molecule has 0 fully saturated rings. The lowest BCUT2D eigenvalue weighted by Crippen LogP contribution is -2.23. The monoisotopic (exact) mass is 349 g/mol. The van der Waals surface area contributed by atoms with Crippen molar-refractivity contribution in [3.63, 3.8) is 0 Å². The fourth-order valence-electron chi connectivity index (χ4n) is 1.98. The molecular weight excluding hydrogens is 330 g/mol. The highest BCUT2D eigenvalue weighted by atomic mass is 32.2. The lowest BCUT2D eigenvalue weighted by Gasteiger charge is -2.20. The van der Waals surface area contributed by atoms with E-state index in [1.807, 2.05) is 0 Å². The fourth-order valence-corrected chi connectivity index (χ4v) is 2.91. The highest BCUT2D eigenvalue weighted by Crippen LogP contribution is 2.28. The topological polar surface area (TPSA) is 95.5 Å². The van der Waals surface area contributed by atoms with Gasteiger partial charge in [-0.25, -0.2) is 17.7 Å². The molecule has 0 aliphatic rings. The molecule has 0 saturated heterocycles. The molecule has 8 nitrogen and oxygen atoms in total. The van der Waals surface area contributed by atoms with Gasteiger partial charge < -0.3 is 10.2 Å². The van der Waals surface area contributed by atoms with E-state index in [9.17, 15) is 13.2 Å². The number of carbonyl (C=O) groups is 1. The van der Waals surface area contributed by atoms with E-state index in [1.165, 1.54) is 44.8 Å². The van der Waals surface area contributed by atoms with Crippen molar-refractivity contribution in [1.82, 2.24) is 14.3 Å². The molecule has 1 aromatic heterocycles. The number of amides is 1. The Bertz CT molecular complexity index is 835. The van der Waals surface area contributed by atoms with Gasteiger partial charge in [-0.05, 0) is 18.2 Å². The predicted molar refractivity (Wildman–Crippen MR) is 91.6 cm³/mol. The maximum absolute atomic E-state index is 12.3. The Morgan fingerprint density at radius 3 is 2.38 bits per heavy atom. The second-order valence-electron chi connectivity index (χ2n) is 5.41. The summed E-state index contributed by atoms with van der Waals surface area (Å²) in [6.07, 6.45) is 4.21. The number of hydrogen-bond acceptors (Lipinski definition) is 6. The highest BCUT2D eigenvalue weighted by molar-refractivity contribution is 7.89. The van der Waals surface area contributed by atoms with Crippen LogP contribution in [0.1, 0.15) is 10.5 Å². The quantitative estimate of drug-likeness (QED) is 0.867. The first-order valence-corrected chi connectivity index (χ1v) is 8.48. The van der Waals surface area contributed by atoms with Crippen molar-refractivity contribution in [2.75, 3.05) is 38.4 Å². The van der Waals surface area contributed by atoms with E-state index in [4.69, 9.17) is 0 Å². The van der Waals surface area contributed by atoms with E-state index in [-0.39, 0.29) is 10.6 Å². The Morgan fingerprint density at radius 2 is 1.83 bits per heavy atom. The third-order valence-corrected chi connectivity index (χ3v) is 5.08. The van der Waals surface area contributed by atoms with Crippen molar-refractivity contribution in [2.24, 2.45) is 0 Å². The largest absolute Gasteiger partial charge is 0.376 e. The number of anilines is 2. The number of rotatable bonds is 5. The Hall–Kier alpha value is -2.52. The van der Waals surface area contributed by atoms with Crippen molar-refractivity contribution in [1.29, 1.82) is 0 Å². The zero-order valence-electron chi connectivity index (χ0n) is 13.9. The summed E-state index contributed by atoms with van der Waals surface area (Å²) in [6.45, 7) is 0. The molecule has 9 heteroatoms. The van der Waals surface area contributed by atoms with Gasteiger partial charge in [-0.3, -0.25) is 9.78 Å². The summed E-state index contributed by atoms with van der Waals surface area (Å²) >= 11 is 0. The molecule has 0 unspecified atom stereocenters. The van der Waals surface area contributed by atoms with Crippen LogP contribution in [0.2, 0.25) is 0 Å². The normalized spacial score (nSPS) is 11.4. The Kier molecular flexibility index (Phi) is 5.15. The van der Waals surface area contributed by atoms with Gasteiger partial charge in [-0.15, -0.1) is 0 Å². The molecule has 0 bridgehead atoms. The van der Waals surface area contributed by atoms with Gasteiger partial charge in [0.25, 0.3) is 5.91 Å².